The lowest BCUT2D eigenvalue weighted by atomic mass is 10.00. The molecule has 21 heavy (non-hydrogen) atoms. The van der Waals surface area contributed by atoms with Crippen LogP contribution >= 0.6 is 11.6 Å². The van der Waals surface area contributed by atoms with Crippen LogP contribution < -0.4 is 10.1 Å². The molecule has 3 nitrogen and oxygen atoms in total. The summed E-state index contributed by atoms with van der Waals surface area (Å²) in [7, 11) is 0. The van der Waals surface area contributed by atoms with Crippen molar-refractivity contribution in [2.45, 2.75) is 18.9 Å². The van der Waals surface area contributed by atoms with Gasteiger partial charge in [-0.3, -0.25) is 4.79 Å². The maximum absolute atomic E-state index is 12.2. The minimum Gasteiger partial charge on any atom is -0.493 e. The van der Waals surface area contributed by atoms with Crippen LogP contribution in [0.2, 0.25) is 5.02 Å². The van der Waals surface area contributed by atoms with Crippen molar-refractivity contribution in [1.82, 2.24) is 5.32 Å². The smallest absolute Gasteiger partial charge is 0.224 e. The van der Waals surface area contributed by atoms with Gasteiger partial charge in [-0.2, -0.15) is 0 Å². The van der Waals surface area contributed by atoms with Gasteiger partial charge in [0.2, 0.25) is 5.91 Å². The Bertz CT molecular complexity index is 657. The van der Waals surface area contributed by atoms with Gasteiger partial charge in [-0.05, 0) is 23.8 Å². The number of hydrogen-bond donors (Lipinski definition) is 1. The average Bonchev–Trinajstić information content (AvgIpc) is 2.47. The number of carbonyl (C=O) groups excluding carboxylic acids is 1. The highest BCUT2D eigenvalue weighted by atomic mass is 35.5. The molecule has 0 radical (unpaired) electrons. The van der Waals surface area contributed by atoms with Gasteiger partial charge in [0, 0.05) is 17.0 Å². The summed E-state index contributed by atoms with van der Waals surface area (Å²) in [6.07, 6.45) is 1.12. The molecule has 0 saturated carbocycles. The van der Waals surface area contributed by atoms with Crippen molar-refractivity contribution < 1.29 is 9.53 Å². The highest BCUT2D eigenvalue weighted by Crippen LogP contribution is 2.31. The molecule has 2 aromatic carbocycles. The Morgan fingerprint density at radius 1 is 1.24 bits per heavy atom. The fourth-order valence-corrected chi connectivity index (χ4v) is 2.78. The van der Waals surface area contributed by atoms with E-state index in [0.29, 0.717) is 18.1 Å². The van der Waals surface area contributed by atoms with Crippen LogP contribution in [0.5, 0.6) is 5.75 Å². The zero-order valence-corrected chi connectivity index (χ0v) is 12.3. The first kappa shape index (κ1) is 14.0. The summed E-state index contributed by atoms with van der Waals surface area (Å²) >= 11 is 5.94. The van der Waals surface area contributed by atoms with Crippen LogP contribution in [0.4, 0.5) is 0 Å². The minimum absolute atomic E-state index is 0.000954. The molecule has 2 aromatic rings. The van der Waals surface area contributed by atoms with E-state index >= 15 is 0 Å². The van der Waals surface area contributed by atoms with Crippen molar-refractivity contribution in [2.75, 3.05) is 6.61 Å². The van der Waals surface area contributed by atoms with Crippen molar-refractivity contribution in [3.8, 4) is 5.75 Å². The summed E-state index contributed by atoms with van der Waals surface area (Å²) < 4.78 is 5.60. The predicted molar refractivity (Wildman–Crippen MR) is 82.6 cm³/mol. The molecule has 1 amide bonds. The monoisotopic (exact) mass is 301 g/mol. The van der Waals surface area contributed by atoms with E-state index < -0.39 is 0 Å². The highest BCUT2D eigenvalue weighted by Gasteiger charge is 2.22. The van der Waals surface area contributed by atoms with Crippen LogP contribution in [0.3, 0.4) is 0 Å². The summed E-state index contributed by atoms with van der Waals surface area (Å²) in [5.41, 5.74) is 1.96. The van der Waals surface area contributed by atoms with Crippen LogP contribution in [-0.2, 0) is 11.2 Å². The molecule has 0 spiro atoms. The standard InChI is InChI=1S/C17H16ClNO2/c18-13-5-3-4-12(10-13)11-17(20)19-15-8-9-21-16-7-2-1-6-14(15)16/h1-7,10,15H,8-9,11H2,(H,19,20). The van der Waals surface area contributed by atoms with Crippen molar-refractivity contribution in [3.63, 3.8) is 0 Å². The van der Waals surface area contributed by atoms with Crippen LogP contribution in [0.25, 0.3) is 0 Å². The predicted octanol–water partition coefficient (Wildman–Crippen LogP) is 3.52. The molecule has 1 N–H and O–H groups in total. The molecular formula is C17H16ClNO2. The van der Waals surface area contributed by atoms with Gasteiger partial charge < -0.3 is 10.1 Å². The van der Waals surface area contributed by atoms with Crippen LogP contribution in [0.15, 0.2) is 48.5 Å². The number of benzene rings is 2. The molecule has 0 bridgehead atoms. The molecule has 1 atom stereocenters. The first-order valence-electron chi connectivity index (χ1n) is 6.98. The maximum atomic E-state index is 12.2. The Hall–Kier alpha value is -2.00. The van der Waals surface area contributed by atoms with Crippen molar-refractivity contribution in [1.29, 1.82) is 0 Å². The minimum atomic E-state index is -0.000954. The second-order valence-electron chi connectivity index (χ2n) is 5.10. The first-order valence-corrected chi connectivity index (χ1v) is 7.36. The van der Waals surface area contributed by atoms with Gasteiger partial charge in [0.25, 0.3) is 0 Å². The average molecular weight is 302 g/mol. The normalized spacial score (nSPS) is 16.7. The van der Waals surface area contributed by atoms with Gasteiger partial charge in [0.15, 0.2) is 0 Å². The van der Waals surface area contributed by atoms with E-state index in [1.54, 1.807) is 6.07 Å². The molecule has 1 aliphatic heterocycles. The fourth-order valence-electron chi connectivity index (χ4n) is 2.57. The summed E-state index contributed by atoms with van der Waals surface area (Å²) in [6, 6.07) is 15.2. The van der Waals surface area contributed by atoms with Crippen LogP contribution in [0, 0.1) is 0 Å². The second kappa shape index (κ2) is 6.19. The van der Waals surface area contributed by atoms with Gasteiger partial charge in [-0.25, -0.2) is 0 Å². The van der Waals surface area contributed by atoms with E-state index in [0.717, 1.165) is 23.3 Å². The Kier molecular flexibility index (Phi) is 4.11. The molecular weight excluding hydrogens is 286 g/mol. The largest absolute Gasteiger partial charge is 0.493 e. The molecule has 0 aromatic heterocycles. The number of amides is 1. The van der Waals surface area contributed by atoms with E-state index in [9.17, 15) is 4.79 Å². The number of ether oxygens (including phenoxy) is 1. The molecule has 0 aliphatic carbocycles. The molecule has 108 valence electrons. The molecule has 1 aliphatic rings. The van der Waals surface area contributed by atoms with E-state index in [1.807, 2.05) is 42.5 Å². The lowest BCUT2D eigenvalue weighted by Gasteiger charge is -2.26. The first-order chi connectivity index (χ1) is 10.2. The third-order valence-electron chi connectivity index (χ3n) is 3.55. The van der Waals surface area contributed by atoms with E-state index in [-0.39, 0.29) is 11.9 Å². The third-order valence-corrected chi connectivity index (χ3v) is 3.78. The molecule has 3 rings (SSSR count). The zero-order chi connectivity index (χ0) is 14.7. The summed E-state index contributed by atoms with van der Waals surface area (Å²) in [6.45, 7) is 0.624. The van der Waals surface area contributed by atoms with Crippen LogP contribution in [0.1, 0.15) is 23.6 Å². The van der Waals surface area contributed by atoms with Gasteiger partial charge in [-0.1, -0.05) is 41.9 Å². The molecule has 1 unspecified atom stereocenters. The molecule has 4 heteroatoms. The van der Waals surface area contributed by atoms with E-state index in [4.69, 9.17) is 16.3 Å². The summed E-state index contributed by atoms with van der Waals surface area (Å²) in [5, 5.41) is 3.73. The van der Waals surface area contributed by atoms with E-state index in [1.165, 1.54) is 0 Å². The number of rotatable bonds is 3. The zero-order valence-electron chi connectivity index (χ0n) is 11.5. The number of carbonyl (C=O) groups is 1. The Balaban J connectivity index is 1.68. The number of para-hydroxylation sites is 1. The second-order valence-corrected chi connectivity index (χ2v) is 5.54. The molecule has 0 saturated heterocycles. The quantitative estimate of drug-likeness (QED) is 0.942. The molecule has 1 heterocycles. The summed E-state index contributed by atoms with van der Waals surface area (Å²) in [4.78, 5) is 12.2. The molecule has 0 fully saturated rings. The van der Waals surface area contributed by atoms with Gasteiger partial charge >= 0.3 is 0 Å². The Labute approximate surface area is 128 Å². The fraction of sp³-hybridized carbons (Fsp3) is 0.235. The number of fused-ring (bicyclic) bond motifs is 1. The lowest BCUT2D eigenvalue weighted by molar-refractivity contribution is -0.121. The SMILES string of the molecule is O=C(Cc1cccc(Cl)c1)NC1CCOc2ccccc21. The summed E-state index contributed by atoms with van der Waals surface area (Å²) in [5.74, 6) is 0.857. The van der Waals surface area contributed by atoms with Gasteiger partial charge in [-0.15, -0.1) is 0 Å². The number of halogens is 1. The number of nitrogens with one attached hydrogen (secondary N) is 1. The van der Waals surface area contributed by atoms with Crippen molar-refractivity contribution in [3.05, 3.63) is 64.7 Å². The topological polar surface area (TPSA) is 38.3 Å². The van der Waals surface area contributed by atoms with Gasteiger partial charge in [0.05, 0.1) is 19.1 Å². The number of hydrogen-bond acceptors (Lipinski definition) is 2. The lowest BCUT2D eigenvalue weighted by Crippen LogP contribution is -2.33. The van der Waals surface area contributed by atoms with Crippen molar-refractivity contribution >= 4 is 17.5 Å². The Morgan fingerprint density at radius 3 is 2.95 bits per heavy atom. The maximum Gasteiger partial charge on any atom is 0.224 e. The Morgan fingerprint density at radius 2 is 2.10 bits per heavy atom. The van der Waals surface area contributed by atoms with Crippen LogP contribution in [-0.4, -0.2) is 12.5 Å². The highest BCUT2D eigenvalue weighted by molar-refractivity contribution is 6.30. The van der Waals surface area contributed by atoms with E-state index in [2.05, 4.69) is 5.32 Å². The van der Waals surface area contributed by atoms with Gasteiger partial charge in [0.1, 0.15) is 5.75 Å². The van der Waals surface area contributed by atoms with Crippen molar-refractivity contribution in [2.24, 2.45) is 0 Å². The third kappa shape index (κ3) is 3.37.